The van der Waals surface area contributed by atoms with E-state index in [1.165, 1.54) is 23.5 Å². The normalized spacial score (nSPS) is 11.8. The molecule has 25 heavy (non-hydrogen) atoms. The number of aryl methyl sites for hydroxylation is 1. The van der Waals surface area contributed by atoms with E-state index >= 15 is 0 Å². The number of carbonyl (C=O) groups excluding carboxylic acids is 1. The van der Waals surface area contributed by atoms with Crippen molar-refractivity contribution in [1.82, 2.24) is 4.98 Å². The minimum Gasteiger partial charge on any atom is -0.481 e. The fourth-order valence-corrected chi connectivity index (χ4v) is 2.89. The first-order chi connectivity index (χ1) is 12.0. The van der Waals surface area contributed by atoms with Crippen molar-refractivity contribution in [1.29, 1.82) is 0 Å². The zero-order chi connectivity index (χ0) is 17.8. The van der Waals surface area contributed by atoms with Crippen LogP contribution in [0.3, 0.4) is 0 Å². The van der Waals surface area contributed by atoms with Gasteiger partial charge in [0, 0.05) is 10.9 Å². The van der Waals surface area contributed by atoms with E-state index in [2.05, 4.69) is 10.3 Å². The Morgan fingerprint density at radius 1 is 1.16 bits per heavy atom. The summed E-state index contributed by atoms with van der Waals surface area (Å²) in [5.74, 6) is 0.0644. The number of aromatic nitrogens is 1. The van der Waals surface area contributed by atoms with E-state index in [0.717, 1.165) is 11.1 Å². The van der Waals surface area contributed by atoms with Crippen LogP contribution in [0.4, 0.5) is 9.52 Å². The van der Waals surface area contributed by atoms with Crippen LogP contribution in [-0.4, -0.2) is 17.0 Å². The van der Waals surface area contributed by atoms with Gasteiger partial charge in [-0.3, -0.25) is 10.1 Å². The molecular formula is C19H17FN2O2S. The zero-order valence-corrected chi connectivity index (χ0v) is 14.6. The van der Waals surface area contributed by atoms with Gasteiger partial charge < -0.3 is 4.74 Å². The highest BCUT2D eigenvalue weighted by atomic mass is 32.1. The van der Waals surface area contributed by atoms with E-state index in [1.807, 2.05) is 36.6 Å². The van der Waals surface area contributed by atoms with Crippen LogP contribution in [0.5, 0.6) is 5.75 Å². The van der Waals surface area contributed by atoms with E-state index in [1.54, 1.807) is 19.1 Å². The van der Waals surface area contributed by atoms with E-state index in [9.17, 15) is 9.18 Å². The third-order valence-electron chi connectivity index (χ3n) is 3.58. The molecule has 0 aliphatic rings. The van der Waals surface area contributed by atoms with E-state index in [4.69, 9.17) is 4.74 Å². The Morgan fingerprint density at radius 2 is 1.84 bits per heavy atom. The SMILES string of the molecule is Cc1ccc(O[C@H](C)C(=O)Nc2nc(-c3ccc(F)cc3)cs2)cc1. The molecule has 0 radical (unpaired) electrons. The number of nitrogens with one attached hydrogen (secondary N) is 1. The van der Waals surface area contributed by atoms with Crippen molar-refractivity contribution in [2.75, 3.05) is 5.32 Å². The lowest BCUT2D eigenvalue weighted by Crippen LogP contribution is -2.30. The highest BCUT2D eigenvalue weighted by molar-refractivity contribution is 7.14. The molecule has 0 unspecified atom stereocenters. The maximum absolute atomic E-state index is 13.0. The summed E-state index contributed by atoms with van der Waals surface area (Å²) in [6.45, 7) is 3.67. The first kappa shape index (κ1) is 17.1. The van der Waals surface area contributed by atoms with Crippen molar-refractivity contribution < 1.29 is 13.9 Å². The molecule has 1 aromatic heterocycles. The Morgan fingerprint density at radius 3 is 2.52 bits per heavy atom. The van der Waals surface area contributed by atoms with Gasteiger partial charge in [0.15, 0.2) is 11.2 Å². The van der Waals surface area contributed by atoms with Crippen molar-refractivity contribution in [2.45, 2.75) is 20.0 Å². The number of halogens is 1. The van der Waals surface area contributed by atoms with Crippen LogP contribution in [0.2, 0.25) is 0 Å². The highest BCUT2D eigenvalue weighted by Gasteiger charge is 2.16. The van der Waals surface area contributed by atoms with Crippen molar-refractivity contribution in [3.8, 4) is 17.0 Å². The van der Waals surface area contributed by atoms with Crippen LogP contribution in [0.15, 0.2) is 53.9 Å². The number of anilines is 1. The molecule has 0 aliphatic heterocycles. The van der Waals surface area contributed by atoms with E-state index in [0.29, 0.717) is 16.6 Å². The van der Waals surface area contributed by atoms with Crippen molar-refractivity contribution in [3.05, 3.63) is 65.3 Å². The topological polar surface area (TPSA) is 51.2 Å². The molecule has 0 bridgehead atoms. The molecule has 1 amide bonds. The maximum Gasteiger partial charge on any atom is 0.266 e. The van der Waals surface area contributed by atoms with Gasteiger partial charge >= 0.3 is 0 Å². The monoisotopic (exact) mass is 356 g/mol. The molecule has 2 aromatic carbocycles. The number of rotatable bonds is 5. The molecular weight excluding hydrogens is 339 g/mol. The lowest BCUT2D eigenvalue weighted by Gasteiger charge is -2.13. The summed E-state index contributed by atoms with van der Waals surface area (Å²) in [5.41, 5.74) is 2.61. The second kappa shape index (κ2) is 7.44. The first-order valence-electron chi connectivity index (χ1n) is 7.77. The Labute approximate surface area is 149 Å². The number of ether oxygens (including phenoxy) is 1. The van der Waals surface area contributed by atoms with Crippen LogP contribution < -0.4 is 10.1 Å². The maximum atomic E-state index is 13.0. The third-order valence-corrected chi connectivity index (χ3v) is 4.34. The van der Waals surface area contributed by atoms with Gasteiger partial charge in [0.25, 0.3) is 5.91 Å². The minimum absolute atomic E-state index is 0.277. The van der Waals surface area contributed by atoms with Crippen molar-refractivity contribution in [3.63, 3.8) is 0 Å². The van der Waals surface area contributed by atoms with Gasteiger partial charge in [-0.25, -0.2) is 9.37 Å². The molecule has 6 heteroatoms. The average molecular weight is 356 g/mol. The molecule has 3 rings (SSSR count). The molecule has 1 N–H and O–H groups in total. The molecule has 0 saturated heterocycles. The summed E-state index contributed by atoms with van der Waals surface area (Å²) in [7, 11) is 0. The number of carbonyl (C=O) groups is 1. The quantitative estimate of drug-likeness (QED) is 0.723. The Hall–Kier alpha value is -2.73. The molecule has 0 fully saturated rings. The molecule has 4 nitrogen and oxygen atoms in total. The molecule has 1 atom stereocenters. The third kappa shape index (κ3) is 4.42. The Bertz CT molecular complexity index is 860. The summed E-state index contributed by atoms with van der Waals surface area (Å²) in [5, 5.41) is 5.03. The first-order valence-corrected chi connectivity index (χ1v) is 8.65. The second-order valence-corrected chi connectivity index (χ2v) is 6.47. The molecule has 1 heterocycles. The number of thiazole rings is 1. The number of nitrogens with zero attached hydrogens (tertiary/aromatic N) is 1. The fraction of sp³-hybridized carbons (Fsp3) is 0.158. The van der Waals surface area contributed by atoms with Crippen molar-refractivity contribution >= 4 is 22.4 Å². The lowest BCUT2D eigenvalue weighted by atomic mass is 10.2. The Balaban J connectivity index is 1.62. The predicted octanol–water partition coefficient (Wildman–Crippen LogP) is 4.66. The summed E-state index contributed by atoms with van der Waals surface area (Å²) >= 11 is 1.31. The molecule has 0 spiro atoms. The molecule has 3 aromatic rings. The number of amides is 1. The minimum atomic E-state index is -0.652. The number of hydrogen-bond donors (Lipinski definition) is 1. The standard InChI is InChI=1S/C19H17FN2O2S/c1-12-3-9-16(10-4-12)24-13(2)18(23)22-19-21-17(11-25-19)14-5-7-15(20)8-6-14/h3-11,13H,1-2H3,(H,21,22,23)/t13-/m1/s1. The average Bonchev–Trinajstić information content (AvgIpc) is 3.06. The summed E-state index contributed by atoms with van der Waals surface area (Å²) in [6.07, 6.45) is -0.652. The molecule has 0 saturated carbocycles. The summed E-state index contributed by atoms with van der Waals surface area (Å²) in [6, 6.07) is 13.6. The molecule has 0 aliphatic carbocycles. The van der Waals surface area contributed by atoms with Crippen molar-refractivity contribution in [2.24, 2.45) is 0 Å². The zero-order valence-electron chi connectivity index (χ0n) is 13.8. The van der Waals surface area contributed by atoms with Gasteiger partial charge in [-0.1, -0.05) is 17.7 Å². The largest absolute Gasteiger partial charge is 0.481 e. The molecule has 128 valence electrons. The Kier molecular flexibility index (Phi) is 5.09. The van der Waals surface area contributed by atoms with E-state index < -0.39 is 6.10 Å². The van der Waals surface area contributed by atoms with Gasteiger partial charge in [0.1, 0.15) is 11.6 Å². The van der Waals surface area contributed by atoms with E-state index in [-0.39, 0.29) is 11.7 Å². The predicted molar refractivity (Wildman–Crippen MR) is 97.4 cm³/mol. The van der Waals surface area contributed by atoms with Gasteiger partial charge in [-0.2, -0.15) is 0 Å². The van der Waals surface area contributed by atoms with Crippen LogP contribution >= 0.6 is 11.3 Å². The van der Waals surface area contributed by atoms with Gasteiger partial charge in [0.2, 0.25) is 0 Å². The van der Waals surface area contributed by atoms with Gasteiger partial charge in [-0.15, -0.1) is 11.3 Å². The smallest absolute Gasteiger partial charge is 0.266 e. The fourth-order valence-electron chi connectivity index (χ4n) is 2.17. The highest BCUT2D eigenvalue weighted by Crippen LogP contribution is 2.25. The van der Waals surface area contributed by atoms with Crippen LogP contribution in [0, 0.1) is 12.7 Å². The lowest BCUT2D eigenvalue weighted by molar-refractivity contribution is -0.122. The number of benzene rings is 2. The van der Waals surface area contributed by atoms with Gasteiger partial charge in [0.05, 0.1) is 5.69 Å². The van der Waals surface area contributed by atoms with Crippen LogP contribution in [0.25, 0.3) is 11.3 Å². The summed E-state index contributed by atoms with van der Waals surface area (Å²) < 4.78 is 18.6. The second-order valence-electron chi connectivity index (χ2n) is 5.61. The summed E-state index contributed by atoms with van der Waals surface area (Å²) in [4.78, 5) is 16.6. The van der Waals surface area contributed by atoms with Crippen LogP contribution in [0.1, 0.15) is 12.5 Å². The van der Waals surface area contributed by atoms with Gasteiger partial charge in [-0.05, 0) is 50.2 Å². The van der Waals surface area contributed by atoms with Crippen LogP contribution in [-0.2, 0) is 4.79 Å². The number of hydrogen-bond acceptors (Lipinski definition) is 4.